The normalized spacial score (nSPS) is 19.1. The number of thiazole rings is 1. The largest absolute Gasteiger partial charge is 0.348 e. The third-order valence-electron chi connectivity index (χ3n) is 6.10. The number of hydrogen-bond donors (Lipinski definition) is 1. The van der Waals surface area contributed by atoms with Crippen molar-refractivity contribution in [2.75, 3.05) is 32.7 Å². The van der Waals surface area contributed by atoms with Gasteiger partial charge in [-0.05, 0) is 36.5 Å². The first-order chi connectivity index (χ1) is 14.7. The molecule has 5 rings (SSSR count). The van der Waals surface area contributed by atoms with Gasteiger partial charge in [-0.3, -0.25) is 14.6 Å². The number of hydrogen-bond acceptors (Lipinski definition) is 5. The molecule has 5 nitrogen and oxygen atoms in total. The standard InChI is InChI=1S/C24H28N4OS/c29-22(26-24(19-10-11-19)18-6-2-1-3-7-18)16-27-12-14-28(15-13-27)17-23-25-20-8-4-5-9-21(20)30-23/h1-9,19,24H,10-17H2,(H,26,29). The Bertz CT molecular complexity index is 960. The zero-order chi connectivity index (χ0) is 20.3. The minimum Gasteiger partial charge on any atom is -0.348 e. The van der Waals surface area contributed by atoms with E-state index in [-0.39, 0.29) is 11.9 Å². The van der Waals surface area contributed by atoms with Gasteiger partial charge in [-0.25, -0.2) is 4.98 Å². The lowest BCUT2D eigenvalue weighted by Crippen LogP contribution is -2.49. The first kappa shape index (κ1) is 19.7. The smallest absolute Gasteiger partial charge is 0.234 e. The molecular formula is C24H28N4OS. The first-order valence-corrected chi connectivity index (χ1v) is 11.7. The summed E-state index contributed by atoms with van der Waals surface area (Å²) in [6.45, 7) is 5.21. The fraction of sp³-hybridized carbons (Fsp3) is 0.417. The van der Waals surface area contributed by atoms with E-state index in [1.165, 1.54) is 28.1 Å². The topological polar surface area (TPSA) is 48.5 Å². The highest BCUT2D eigenvalue weighted by molar-refractivity contribution is 7.18. The van der Waals surface area contributed by atoms with Crippen LogP contribution in [0.3, 0.4) is 0 Å². The maximum Gasteiger partial charge on any atom is 0.234 e. The van der Waals surface area contributed by atoms with E-state index in [0.29, 0.717) is 12.5 Å². The highest BCUT2D eigenvalue weighted by atomic mass is 32.1. The first-order valence-electron chi connectivity index (χ1n) is 10.9. The van der Waals surface area contributed by atoms with Crippen LogP contribution in [0.4, 0.5) is 0 Å². The molecule has 3 aromatic rings. The third-order valence-corrected chi connectivity index (χ3v) is 7.12. The molecule has 2 fully saturated rings. The van der Waals surface area contributed by atoms with Crippen molar-refractivity contribution >= 4 is 27.5 Å². The van der Waals surface area contributed by atoms with Gasteiger partial charge in [-0.1, -0.05) is 42.5 Å². The molecular weight excluding hydrogens is 392 g/mol. The molecule has 156 valence electrons. The Morgan fingerprint density at radius 3 is 2.43 bits per heavy atom. The number of para-hydroxylation sites is 1. The molecule has 1 N–H and O–H groups in total. The number of nitrogens with one attached hydrogen (secondary N) is 1. The van der Waals surface area contributed by atoms with E-state index >= 15 is 0 Å². The summed E-state index contributed by atoms with van der Waals surface area (Å²) in [7, 11) is 0. The number of carbonyl (C=O) groups is 1. The summed E-state index contributed by atoms with van der Waals surface area (Å²) in [5.41, 5.74) is 2.32. The van der Waals surface area contributed by atoms with Gasteiger partial charge in [0.25, 0.3) is 0 Å². The molecule has 1 amide bonds. The number of carbonyl (C=O) groups excluding carboxylic acids is 1. The number of fused-ring (bicyclic) bond motifs is 1. The van der Waals surface area contributed by atoms with Gasteiger partial charge < -0.3 is 5.32 Å². The fourth-order valence-corrected chi connectivity index (χ4v) is 5.28. The molecule has 1 aliphatic heterocycles. The van der Waals surface area contributed by atoms with Crippen LogP contribution in [0.25, 0.3) is 10.2 Å². The van der Waals surface area contributed by atoms with E-state index in [9.17, 15) is 4.79 Å². The molecule has 6 heteroatoms. The van der Waals surface area contributed by atoms with E-state index in [1.807, 2.05) is 12.1 Å². The van der Waals surface area contributed by atoms with E-state index in [0.717, 1.165) is 38.2 Å². The number of amides is 1. The molecule has 1 aliphatic carbocycles. The van der Waals surface area contributed by atoms with Gasteiger partial charge in [0.05, 0.1) is 29.3 Å². The Kier molecular flexibility index (Phi) is 5.79. The van der Waals surface area contributed by atoms with E-state index in [4.69, 9.17) is 4.98 Å². The van der Waals surface area contributed by atoms with Crippen molar-refractivity contribution in [1.82, 2.24) is 20.1 Å². The lowest BCUT2D eigenvalue weighted by molar-refractivity contribution is -0.123. The quantitative estimate of drug-likeness (QED) is 0.633. The molecule has 1 atom stereocenters. The minimum atomic E-state index is 0.148. The fourth-order valence-electron chi connectivity index (χ4n) is 4.27. The number of nitrogens with zero attached hydrogens (tertiary/aromatic N) is 3. The van der Waals surface area contributed by atoms with Crippen molar-refractivity contribution in [2.24, 2.45) is 5.92 Å². The van der Waals surface area contributed by atoms with Gasteiger partial charge in [-0.15, -0.1) is 11.3 Å². The summed E-state index contributed by atoms with van der Waals surface area (Å²) in [6, 6.07) is 18.9. The molecule has 0 radical (unpaired) electrons. The number of benzene rings is 2. The Morgan fingerprint density at radius 2 is 1.70 bits per heavy atom. The van der Waals surface area contributed by atoms with Crippen molar-refractivity contribution in [3.63, 3.8) is 0 Å². The lowest BCUT2D eigenvalue weighted by atomic mass is 10.0. The molecule has 2 heterocycles. The van der Waals surface area contributed by atoms with Gasteiger partial charge in [0.1, 0.15) is 5.01 Å². The van der Waals surface area contributed by atoms with Crippen molar-refractivity contribution < 1.29 is 4.79 Å². The van der Waals surface area contributed by atoms with Crippen LogP contribution in [-0.2, 0) is 11.3 Å². The Morgan fingerprint density at radius 1 is 1.00 bits per heavy atom. The maximum atomic E-state index is 12.7. The van der Waals surface area contributed by atoms with Crippen LogP contribution in [0.5, 0.6) is 0 Å². The van der Waals surface area contributed by atoms with Gasteiger partial charge >= 0.3 is 0 Å². The van der Waals surface area contributed by atoms with E-state index < -0.39 is 0 Å². The summed E-state index contributed by atoms with van der Waals surface area (Å²) >= 11 is 1.79. The second-order valence-electron chi connectivity index (χ2n) is 8.42. The predicted molar refractivity (Wildman–Crippen MR) is 121 cm³/mol. The Balaban J connectivity index is 1.11. The van der Waals surface area contributed by atoms with Gasteiger partial charge in [0, 0.05) is 26.2 Å². The van der Waals surface area contributed by atoms with Crippen molar-refractivity contribution in [1.29, 1.82) is 0 Å². The van der Waals surface area contributed by atoms with E-state index in [1.54, 1.807) is 11.3 Å². The molecule has 1 saturated carbocycles. The van der Waals surface area contributed by atoms with Crippen LogP contribution in [0.15, 0.2) is 54.6 Å². The molecule has 2 aromatic carbocycles. The van der Waals surface area contributed by atoms with Gasteiger partial charge in [0.15, 0.2) is 0 Å². The van der Waals surface area contributed by atoms with Crippen molar-refractivity contribution in [3.8, 4) is 0 Å². The van der Waals surface area contributed by atoms with Gasteiger partial charge in [0.2, 0.25) is 5.91 Å². The lowest BCUT2D eigenvalue weighted by Gasteiger charge is -2.34. The van der Waals surface area contributed by atoms with Crippen LogP contribution in [0.1, 0.15) is 29.5 Å². The van der Waals surface area contributed by atoms with Crippen LogP contribution in [0.2, 0.25) is 0 Å². The summed E-state index contributed by atoms with van der Waals surface area (Å²) in [4.78, 5) is 22.2. The second-order valence-corrected chi connectivity index (χ2v) is 9.54. The second kappa shape index (κ2) is 8.84. The van der Waals surface area contributed by atoms with Crippen LogP contribution in [0, 0.1) is 5.92 Å². The van der Waals surface area contributed by atoms with Crippen molar-refractivity contribution in [3.05, 3.63) is 65.2 Å². The predicted octanol–water partition coefficient (Wildman–Crippen LogP) is 3.68. The number of rotatable bonds is 7. The van der Waals surface area contributed by atoms with Gasteiger partial charge in [-0.2, -0.15) is 0 Å². The zero-order valence-electron chi connectivity index (χ0n) is 17.2. The molecule has 0 bridgehead atoms. The summed E-state index contributed by atoms with van der Waals surface area (Å²) in [5.74, 6) is 0.748. The van der Waals surface area contributed by atoms with E-state index in [2.05, 4.69) is 57.6 Å². The Hall–Kier alpha value is -2.28. The maximum absolute atomic E-state index is 12.7. The molecule has 2 aliphatic rings. The highest BCUT2D eigenvalue weighted by Crippen LogP contribution is 2.40. The number of aromatic nitrogens is 1. The summed E-state index contributed by atoms with van der Waals surface area (Å²) in [5, 5.41) is 4.48. The minimum absolute atomic E-state index is 0.148. The monoisotopic (exact) mass is 420 g/mol. The average Bonchev–Trinajstić information content (AvgIpc) is 3.53. The zero-order valence-corrected chi connectivity index (χ0v) is 18.0. The number of piperazine rings is 1. The SMILES string of the molecule is O=C(CN1CCN(Cc2nc3ccccc3s2)CC1)NC(c1ccccc1)C1CC1. The summed E-state index contributed by atoms with van der Waals surface area (Å²) < 4.78 is 1.26. The molecule has 0 spiro atoms. The molecule has 30 heavy (non-hydrogen) atoms. The van der Waals surface area contributed by atoms with Crippen LogP contribution >= 0.6 is 11.3 Å². The van der Waals surface area contributed by atoms with Crippen LogP contribution < -0.4 is 5.32 Å². The van der Waals surface area contributed by atoms with Crippen LogP contribution in [-0.4, -0.2) is 53.4 Å². The molecule has 1 saturated heterocycles. The van der Waals surface area contributed by atoms with Crippen molar-refractivity contribution in [2.45, 2.75) is 25.4 Å². The molecule has 1 aromatic heterocycles. The average molecular weight is 421 g/mol. The Labute approximate surface area is 181 Å². The molecule has 1 unspecified atom stereocenters. The summed E-state index contributed by atoms with van der Waals surface area (Å²) in [6.07, 6.45) is 2.43. The highest BCUT2D eigenvalue weighted by Gasteiger charge is 2.33. The third kappa shape index (κ3) is 4.72.